The molecule has 4 aromatic rings. The van der Waals surface area contributed by atoms with Gasteiger partial charge >= 0.3 is 0 Å². The van der Waals surface area contributed by atoms with Crippen LogP contribution in [0.25, 0.3) is 28.0 Å². The zero-order valence-electron chi connectivity index (χ0n) is 14.2. The lowest BCUT2D eigenvalue weighted by atomic mass is 10.1. The van der Waals surface area contributed by atoms with E-state index >= 15 is 0 Å². The van der Waals surface area contributed by atoms with Crippen molar-refractivity contribution in [1.29, 1.82) is 0 Å². The molecule has 0 fully saturated rings. The maximum atomic E-state index is 4.58. The van der Waals surface area contributed by atoms with Gasteiger partial charge in [0.2, 0.25) is 0 Å². The summed E-state index contributed by atoms with van der Waals surface area (Å²) in [5.74, 6) is 0. The number of hydrogen-bond acceptors (Lipinski definition) is 2. The number of hydrogen-bond donors (Lipinski definition) is 1. The molecule has 1 N–H and O–H groups in total. The second-order valence-electron chi connectivity index (χ2n) is 6.21. The minimum atomic E-state index is 0.938. The molecule has 0 amide bonds. The molecule has 0 saturated carbocycles. The van der Waals surface area contributed by atoms with Crippen LogP contribution >= 0.6 is 0 Å². The second kappa shape index (κ2) is 5.64. The number of nitrogens with one attached hydrogen (secondary N) is 1. The van der Waals surface area contributed by atoms with E-state index in [0.717, 1.165) is 29.0 Å². The predicted octanol–water partition coefficient (Wildman–Crippen LogP) is 4.59. The predicted molar refractivity (Wildman–Crippen MR) is 97.5 cm³/mol. The van der Waals surface area contributed by atoms with E-state index in [4.69, 9.17) is 0 Å². The first kappa shape index (κ1) is 14.7. The average Bonchev–Trinajstić information content (AvgIpc) is 3.20. The molecule has 0 unspecified atom stereocenters. The van der Waals surface area contributed by atoms with Crippen LogP contribution in [0.3, 0.4) is 0 Å². The molecule has 120 valence electrons. The molecule has 0 aliphatic carbocycles. The summed E-state index contributed by atoms with van der Waals surface area (Å²) in [6, 6.07) is 10.7. The molecule has 3 aromatic heterocycles. The number of pyridine rings is 1. The van der Waals surface area contributed by atoms with Gasteiger partial charge in [-0.1, -0.05) is 24.6 Å². The van der Waals surface area contributed by atoms with Crippen LogP contribution in [0.5, 0.6) is 0 Å². The summed E-state index contributed by atoms with van der Waals surface area (Å²) in [6.07, 6.45) is 6.79. The van der Waals surface area contributed by atoms with Gasteiger partial charge in [-0.3, -0.25) is 0 Å². The highest BCUT2D eigenvalue weighted by Crippen LogP contribution is 2.27. The van der Waals surface area contributed by atoms with E-state index in [9.17, 15) is 0 Å². The molecule has 4 rings (SSSR count). The van der Waals surface area contributed by atoms with Crippen LogP contribution in [-0.4, -0.2) is 19.7 Å². The fourth-order valence-corrected chi connectivity index (χ4v) is 3.25. The molecule has 0 aliphatic heterocycles. The lowest BCUT2D eigenvalue weighted by molar-refractivity contribution is 0.879. The largest absolute Gasteiger partial charge is 0.346 e. The first-order chi connectivity index (χ1) is 11.7. The normalized spacial score (nSPS) is 11.3. The summed E-state index contributed by atoms with van der Waals surface area (Å²) in [6.45, 7) is 6.39. The standard InChI is InChI=1S/C20H20N4/c1-4-15-11-21-20-17(15)10-16(12-22-20)19-7-8-23-24(19)18-6-5-13(2)9-14(18)3/h5-12H,4H2,1-3H3,(H,21,22). The van der Waals surface area contributed by atoms with E-state index in [-0.39, 0.29) is 0 Å². The lowest BCUT2D eigenvalue weighted by Gasteiger charge is -2.11. The maximum Gasteiger partial charge on any atom is 0.137 e. The number of aromatic nitrogens is 4. The summed E-state index contributed by atoms with van der Waals surface area (Å²) < 4.78 is 2.00. The van der Waals surface area contributed by atoms with Crippen LogP contribution in [-0.2, 0) is 6.42 Å². The monoisotopic (exact) mass is 316 g/mol. The van der Waals surface area contributed by atoms with Crippen molar-refractivity contribution < 1.29 is 0 Å². The fraction of sp³-hybridized carbons (Fsp3) is 0.200. The molecule has 24 heavy (non-hydrogen) atoms. The van der Waals surface area contributed by atoms with Crippen LogP contribution in [0.1, 0.15) is 23.6 Å². The Kier molecular flexibility index (Phi) is 3.45. The maximum absolute atomic E-state index is 4.58. The van der Waals surface area contributed by atoms with Gasteiger partial charge in [0.05, 0.1) is 17.6 Å². The Balaban J connectivity index is 1.88. The first-order valence-electron chi connectivity index (χ1n) is 8.25. The van der Waals surface area contributed by atoms with Gasteiger partial charge in [-0.15, -0.1) is 0 Å². The van der Waals surface area contributed by atoms with Crippen molar-refractivity contribution in [3.8, 4) is 16.9 Å². The number of rotatable bonds is 3. The smallest absolute Gasteiger partial charge is 0.137 e. The van der Waals surface area contributed by atoms with Gasteiger partial charge in [0, 0.05) is 23.3 Å². The molecular formula is C20H20N4. The highest BCUT2D eigenvalue weighted by molar-refractivity contribution is 5.84. The first-order valence-corrected chi connectivity index (χ1v) is 8.25. The highest BCUT2D eigenvalue weighted by Gasteiger charge is 2.12. The van der Waals surface area contributed by atoms with Gasteiger partial charge in [0.1, 0.15) is 5.65 Å². The fourth-order valence-electron chi connectivity index (χ4n) is 3.25. The van der Waals surface area contributed by atoms with Gasteiger partial charge < -0.3 is 4.98 Å². The van der Waals surface area contributed by atoms with E-state index in [1.165, 1.54) is 22.1 Å². The summed E-state index contributed by atoms with van der Waals surface area (Å²) in [5.41, 5.74) is 7.93. The number of fused-ring (bicyclic) bond motifs is 1. The Hall–Kier alpha value is -2.88. The topological polar surface area (TPSA) is 46.5 Å². The Labute approximate surface area is 141 Å². The highest BCUT2D eigenvalue weighted by atomic mass is 15.3. The zero-order chi connectivity index (χ0) is 16.7. The van der Waals surface area contributed by atoms with Crippen LogP contribution in [0, 0.1) is 13.8 Å². The van der Waals surface area contributed by atoms with Crippen molar-refractivity contribution in [3.05, 3.63) is 65.6 Å². The van der Waals surface area contributed by atoms with Gasteiger partial charge in [0.15, 0.2) is 0 Å². The molecule has 0 bridgehead atoms. The molecule has 0 spiro atoms. The molecule has 0 saturated heterocycles. The molecule has 4 heteroatoms. The van der Waals surface area contributed by atoms with Crippen molar-refractivity contribution in [3.63, 3.8) is 0 Å². The SMILES string of the molecule is CCc1c[nH]c2ncc(-c3ccnn3-c3ccc(C)cc3C)cc12. The minimum Gasteiger partial charge on any atom is -0.346 e. The number of benzene rings is 1. The molecule has 0 aliphatic rings. The molecule has 3 heterocycles. The van der Waals surface area contributed by atoms with Crippen molar-refractivity contribution in [2.75, 3.05) is 0 Å². The third-order valence-corrected chi connectivity index (χ3v) is 4.52. The van der Waals surface area contributed by atoms with Gasteiger partial charge in [-0.25, -0.2) is 9.67 Å². The van der Waals surface area contributed by atoms with Gasteiger partial charge in [-0.2, -0.15) is 5.10 Å². The number of nitrogens with zero attached hydrogens (tertiary/aromatic N) is 3. The Morgan fingerprint density at radius 3 is 2.79 bits per heavy atom. The number of aryl methyl sites for hydroxylation is 3. The zero-order valence-corrected chi connectivity index (χ0v) is 14.2. The Bertz CT molecular complexity index is 1020. The molecule has 4 nitrogen and oxygen atoms in total. The minimum absolute atomic E-state index is 0.938. The van der Waals surface area contributed by atoms with Crippen LogP contribution < -0.4 is 0 Å². The Morgan fingerprint density at radius 2 is 2.00 bits per heavy atom. The van der Waals surface area contributed by atoms with Crippen LogP contribution in [0.2, 0.25) is 0 Å². The third-order valence-electron chi connectivity index (χ3n) is 4.52. The average molecular weight is 316 g/mol. The van der Waals surface area contributed by atoms with Gasteiger partial charge in [0.25, 0.3) is 0 Å². The van der Waals surface area contributed by atoms with E-state index in [1.807, 2.05) is 29.3 Å². The van der Waals surface area contributed by atoms with E-state index < -0.39 is 0 Å². The summed E-state index contributed by atoms with van der Waals surface area (Å²) in [7, 11) is 0. The number of H-pyrrole nitrogens is 1. The molecule has 1 aromatic carbocycles. The second-order valence-corrected chi connectivity index (χ2v) is 6.21. The van der Waals surface area contributed by atoms with Crippen molar-refractivity contribution >= 4 is 11.0 Å². The molecule has 0 radical (unpaired) electrons. The molecular weight excluding hydrogens is 296 g/mol. The summed E-state index contributed by atoms with van der Waals surface area (Å²) in [5, 5.41) is 5.73. The van der Waals surface area contributed by atoms with E-state index in [2.05, 4.69) is 60.1 Å². The number of aromatic amines is 1. The molecule has 0 atom stereocenters. The Morgan fingerprint density at radius 1 is 1.12 bits per heavy atom. The quantitative estimate of drug-likeness (QED) is 0.600. The van der Waals surface area contributed by atoms with Crippen molar-refractivity contribution in [1.82, 2.24) is 19.7 Å². The third kappa shape index (κ3) is 2.31. The lowest BCUT2D eigenvalue weighted by Crippen LogP contribution is -2.01. The summed E-state index contributed by atoms with van der Waals surface area (Å²) >= 11 is 0. The van der Waals surface area contributed by atoms with E-state index in [1.54, 1.807) is 0 Å². The van der Waals surface area contributed by atoms with Crippen LogP contribution in [0.4, 0.5) is 0 Å². The van der Waals surface area contributed by atoms with Crippen molar-refractivity contribution in [2.45, 2.75) is 27.2 Å². The van der Waals surface area contributed by atoms with Gasteiger partial charge in [-0.05, 0) is 49.6 Å². The van der Waals surface area contributed by atoms with E-state index in [0.29, 0.717) is 0 Å². The van der Waals surface area contributed by atoms with Crippen molar-refractivity contribution in [2.24, 2.45) is 0 Å². The van der Waals surface area contributed by atoms with Crippen LogP contribution in [0.15, 0.2) is 48.9 Å². The summed E-state index contributed by atoms with van der Waals surface area (Å²) in [4.78, 5) is 7.82.